The molecule has 2 aromatic rings. The van der Waals surface area contributed by atoms with Gasteiger partial charge in [-0.25, -0.2) is 4.79 Å². The smallest absolute Gasteiger partial charge is 0.336 e. The van der Waals surface area contributed by atoms with E-state index >= 15 is 0 Å². The van der Waals surface area contributed by atoms with Crippen LogP contribution in [0.3, 0.4) is 0 Å². The Morgan fingerprint density at radius 2 is 2.18 bits per heavy atom. The minimum Gasteiger partial charge on any atom is -0.493 e. The van der Waals surface area contributed by atoms with E-state index in [0.717, 1.165) is 5.39 Å². The number of benzene rings is 1. The van der Waals surface area contributed by atoms with Crippen molar-refractivity contribution >= 4 is 11.0 Å². The Kier molecular flexibility index (Phi) is 3.01. The summed E-state index contributed by atoms with van der Waals surface area (Å²) in [5.41, 5.74) is 0.0240. The maximum Gasteiger partial charge on any atom is 0.336 e. The molecule has 86 valence electrons. The zero-order chi connectivity index (χ0) is 12.3. The molecular formula is C13H10O4. The van der Waals surface area contributed by atoms with E-state index in [4.69, 9.17) is 20.3 Å². The summed E-state index contributed by atoms with van der Waals surface area (Å²) in [6.45, 7) is 0.124. The molecule has 1 aromatic heterocycles. The fraction of sp³-hybridized carbons (Fsp3) is 0.154. The largest absolute Gasteiger partial charge is 0.493 e. The summed E-state index contributed by atoms with van der Waals surface area (Å²) in [5.74, 6) is 3.35. The third-order valence-corrected chi connectivity index (χ3v) is 2.22. The van der Waals surface area contributed by atoms with E-state index in [1.165, 1.54) is 13.2 Å². The highest BCUT2D eigenvalue weighted by molar-refractivity contribution is 5.80. The van der Waals surface area contributed by atoms with E-state index < -0.39 is 5.63 Å². The van der Waals surface area contributed by atoms with Crippen molar-refractivity contribution in [3.05, 3.63) is 34.7 Å². The molecule has 0 saturated carbocycles. The van der Waals surface area contributed by atoms with Crippen LogP contribution in [-0.4, -0.2) is 13.7 Å². The Morgan fingerprint density at radius 3 is 2.88 bits per heavy atom. The topological polar surface area (TPSA) is 48.7 Å². The molecule has 0 radical (unpaired) electrons. The summed E-state index contributed by atoms with van der Waals surface area (Å²) in [7, 11) is 1.53. The number of methoxy groups -OCH3 is 1. The number of terminal acetylenes is 1. The minimum absolute atomic E-state index is 0.124. The summed E-state index contributed by atoms with van der Waals surface area (Å²) in [6, 6.07) is 6.33. The van der Waals surface area contributed by atoms with Crippen molar-refractivity contribution in [3.63, 3.8) is 0 Å². The van der Waals surface area contributed by atoms with Crippen molar-refractivity contribution in [2.45, 2.75) is 0 Å². The first-order chi connectivity index (χ1) is 8.24. The Hall–Kier alpha value is -2.41. The SMILES string of the molecule is C#CCOc1cc2oc(=O)ccc2cc1OC. The van der Waals surface area contributed by atoms with Crippen LogP contribution in [-0.2, 0) is 0 Å². The molecule has 0 unspecified atom stereocenters. The second-order valence-corrected chi connectivity index (χ2v) is 3.29. The molecular weight excluding hydrogens is 220 g/mol. The second kappa shape index (κ2) is 4.62. The van der Waals surface area contributed by atoms with E-state index in [2.05, 4.69) is 5.92 Å². The molecule has 0 aliphatic heterocycles. The zero-order valence-corrected chi connectivity index (χ0v) is 9.23. The molecule has 0 aliphatic carbocycles. The van der Waals surface area contributed by atoms with Gasteiger partial charge in [0.25, 0.3) is 0 Å². The lowest BCUT2D eigenvalue weighted by molar-refractivity contribution is 0.331. The van der Waals surface area contributed by atoms with Crippen LogP contribution in [0, 0.1) is 12.3 Å². The van der Waals surface area contributed by atoms with Gasteiger partial charge in [-0.3, -0.25) is 0 Å². The van der Waals surface area contributed by atoms with Gasteiger partial charge in [-0.2, -0.15) is 0 Å². The molecule has 0 fully saturated rings. The third-order valence-electron chi connectivity index (χ3n) is 2.22. The van der Waals surface area contributed by atoms with Gasteiger partial charge >= 0.3 is 5.63 Å². The number of fused-ring (bicyclic) bond motifs is 1. The van der Waals surface area contributed by atoms with Crippen LogP contribution in [0.25, 0.3) is 11.0 Å². The van der Waals surface area contributed by atoms with E-state index in [-0.39, 0.29) is 6.61 Å². The van der Waals surface area contributed by atoms with E-state index in [0.29, 0.717) is 17.1 Å². The summed E-state index contributed by atoms with van der Waals surface area (Å²) < 4.78 is 15.5. The van der Waals surface area contributed by atoms with Crippen LogP contribution in [0.5, 0.6) is 11.5 Å². The van der Waals surface area contributed by atoms with Gasteiger partial charge in [0.1, 0.15) is 12.2 Å². The highest BCUT2D eigenvalue weighted by Gasteiger charge is 2.08. The van der Waals surface area contributed by atoms with E-state index in [1.54, 1.807) is 18.2 Å². The predicted octanol–water partition coefficient (Wildman–Crippen LogP) is 1.81. The Morgan fingerprint density at radius 1 is 1.35 bits per heavy atom. The van der Waals surface area contributed by atoms with Crippen molar-refractivity contribution in [2.24, 2.45) is 0 Å². The minimum atomic E-state index is -0.412. The van der Waals surface area contributed by atoms with Gasteiger partial charge in [0, 0.05) is 17.5 Å². The van der Waals surface area contributed by atoms with Crippen LogP contribution in [0.4, 0.5) is 0 Å². The van der Waals surface area contributed by atoms with Crippen LogP contribution in [0.2, 0.25) is 0 Å². The monoisotopic (exact) mass is 230 g/mol. The molecule has 1 heterocycles. The number of hydrogen-bond acceptors (Lipinski definition) is 4. The molecule has 2 rings (SSSR count). The first kappa shape index (κ1) is 11.1. The van der Waals surface area contributed by atoms with Gasteiger partial charge < -0.3 is 13.9 Å². The standard InChI is InChI=1S/C13H10O4/c1-3-6-16-12-8-10-9(7-11(12)15-2)4-5-13(14)17-10/h1,4-5,7-8H,6H2,2H3. The van der Waals surface area contributed by atoms with Gasteiger partial charge in [-0.05, 0) is 12.1 Å². The van der Waals surface area contributed by atoms with Crippen LogP contribution in [0.1, 0.15) is 0 Å². The molecule has 0 aliphatic rings. The quantitative estimate of drug-likeness (QED) is 0.596. The molecule has 0 atom stereocenters. The first-order valence-corrected chi connectivity index (χ1v) is 4.93. The van der Waals surface area contributed by atoms with Crippen molar-refractivity contribution < 1.29 is 13.9 Å². The predicted molar refractivity (Wildman–Crippen MR) is 63.4 cm³/mol. The lowest BCUT2D eigenvalue weighted by atomic mass is 10.2. The van der Waals surface area contributed by atoms with E-state index in [1.807, 2.05) is 0 Å². The molecule has 17 heavy (non-hydrogen) atoms. The van der Waals surface area contributed by atoms with Crippen LogP contribution in [0.15, 0.2) is 33.5 Å². The molecule has 0 bridgehead atoms. The fourth-order valence-corrected chi connectivity index (χ4v) is 1.47. The van der Waals surface area contributed by atoms with Crippen molar-refractivity contribution in [1.82, 2.24) is 0 Å². The Balaban J connectivity index is 2.57. The highest BCUT2D eigenvalue weighted by Crippen LogP contribution is 2.31. The lowest BCUT2D eigenvalue weighted by Crippen LogP contribution is -1.99. The average Bonchev–Trinajstić information content (AvgIpc) is 2.35. The van der Waals surface area contributed by atoms with Crippen molar-refractivity contribution in [2.75, 3.05) is 13.7 Å². The molecule has 1 aromatic carbocycles. The van der Waals surface area contributed by atoms with Gasteiger partial charge in [-0.15, -0.1) is 6.42 Å². The molecule has 0 N–H and O–H groups in total. The van der Waals surface area contributed by atoms with Gasteiger partial charge in [-0.1, -0.05) is 5.92 Å². The second-order valence-electron chi connectivity index (χ2n) is 3.29. The van der Waals surface area contributed by atoms with Crippen LogP contribution < -0.4 is 15.1 Å². The fourth-order valence-electron chi connectivity index (χ4n) is 1.47. The number of rotatable bonds is 3. The van der Waals surface area contributed by atoms with Gasteiger partial charge in [0.15, 0.2) is 11.5 Å². The maximum absolute atomic E-state index is 11.1. The molecule has 0 spiro atoms. The summed E-state index contributed by atoms with van der Waals surface area (Å²) in [5, 5.41) is 0.759. The summed E-state index contributed by atoms with van der Waals surface area (Å²) in [6.07, 6.45) is 5.12. The third kappa shape index (κ3) is 2.23. The highest BCUT2D eigenvalue weighted by atomic mass is 16.5. The Labute approximate surface area is 97.8 Å². The maximum atomic E-state index is 11.1. The van der Waals surface area contributed by atoms with Crippen LogP contribution >= 0.6 is 0 Å². The first-order valence-electron chi connectivity index (χ1n) is 4.93. The molecule has 4 heteroatoms. The lowest BCUT2D eigenvalue weighted by Gasteiger charge is -2.09. The normalized spacial score (nSPS) is 9.88. The van der Waals surface area contributed by atoms with Crippen molar-refractivity contribution in [1.29, 1.82) is 0 Å². The molecule has 0 amide bonds. The summed E-state index contributed by atoms with van der Waals surface area (Å²) in [4.78, 5) is 11.1. The van der Waals surface area contributed by atoms with Gasteiger partial charge in [0.05, 0.1) is 7.11 Å². The number of hydrogen-bond donors (Lipinski definition) is 0. The zero-order valence-electron chi connectivity index (χ0n) is 9.23. The molecule has 0 saturated heterocycles. The average molecular weight is 230 g/mol. The number of ether oxygens (including phenoxy) is 2. The Bertz CT molecular complexity index is 634. The van der Waals surface area contributed by atoms with Gasteiger partial charge in [0.2, 0.25) is 0 Å². The molecule has 4 nitrogen and oxygen atoms in total. The van der Waals surface area contributed by atoms with E-state index in [9.17, 15) is 4.79 Å². The summed E-state index contributed by atoms with van der Waals surface area (Å²) >= 11 is 0. The van der Waals surface area contributed by atoms with Crippen molar-refractivity contribution in [3.8, 4) is 23.8 Å².